The van der Waals surface area contributed by atoms with E-state index in [2.05, 4.69) is 10.2 Å². The molecule has 0 aromatic heterocycles. The highest BCUT2D eigenvalue weighted by atomic mass is 35.5. The minimum absolute atomic E-state index is 0.0310. The molecule has 1 N–H and O–H groups in total. The Morgan fingerprint density at radius 2 is 1.82 bits per heavy atom. The maximum atomic E-state index is 12.6. The van der Waals surface area contributed by atoms with Crippen LogP contribution in [0.2, 0.25) is 10.0 Å². The number of rotatable bonds is 6. The molecule has 0 atom stereocenters. The van der Waals surface area contributed by atoms with Crippen molar-refractivity contribution in [1.29, 1.82) is 0 Å². The van der Waals surface area contributed by atoms with Crippen LogP contribution in [0.3, 0.4) is 0 Å². The molecule has 4 nitrogen and oxygen atoms in total. The number of likely N-dealkylation sites (tertiary alicyclic amines) is 1. The van der Waals surface area contributed by atoms with Gasteiger partial charge in [0.2, 0.25) is 5.91 Å². The molecule has 2 aromatic rings. The topological polar surface area (TPSA) is 41.6 Å². The molecule has 1 aliphatic heterocycles. The van der Waals surface area contributed by atoms with Crippen LogP contribution in [0.1, 0.15) is 32.3 Å². The van der Waals surface area contributed by atoms with E-state index in [0.717, 1.165) is 49.5 Å². The highest BCUT2D eigenvalue weighted by Gasteiger charge is 2.25. The van der Waals surface area contributed by atoms with Crippen molar-refractivity contribution in [2.75, 3.05) is 18.4 Å². The number of hydrogen-bond donors (Lipinski definition) is 1. The number of anilines is 1. The molecule has 150 valence electrons. The third kappa shape index (κ3) is 5.87. The van der Waals surface area contributed by atoms with Gasteiger partial charge in [0, 0.05) is 28.2 Å². The Bertz CT molecular complexity index is 801. The summed E-state index contributed by atoms with van der Waals surface area (Å²) >= 11 is 12.2. The average Bonchev–Trinajstić information content (AvgIpc) is 2.66. The van der Waals surface area contributed by atoms with E-state index in [1.165, 1.54) is 0 Å². The zero-order valence-corrected chi connectivity index (χ0v) is 17.8. The van der Waals surface area contributed by atoms with Crippen LogP contribution in [0.25, 0.3) is 0 Å². The van der Waals surface area contributed by atoms with E-state index in [-0.39, 0.29) is 17.9 Å². The SMILES string of the molecule is CC(C)Oc1ccc(NC(=O)C2CCN(Cc3ccc(Cl)cc3Cl)CC2)cc1. The summed E-state index contributed by atoms with van der Waals surface area (Å²) in [5.41, 5.74) is 1.87. The number of hydrogen-bond acceptors (Lipinski definition) is 3. The molecule has 1 saturated heterocycles. The van der Waals surface area contributed by atoms with Crippen LogP contribution in [-0.4, -0.2) is 30.0 Å². The second-order valence-electron chi connectivity index (χ2n) is 7.47. The molecule has 0 unspecified atom stereocenters. The number of benzene rings is 2. The Morgan fingerprint density at radius 3 is 2.43 bits per heavy atom. The number of ether oxygens (including phenoxy) is 1. The standard InChI is InChI=1S/C22H26Cl2N2O2/c1-15(2)28-20-7-5-19(6-8-20)25-22(27)16-9-11-26(12-10-16)14-17-3-4-18(23)13-21(17)24/h3-8,13,15-16H,9-12,14H2,1-2H3,(H,25,27). The van der Waals surface area contributed by atoms with Crippen molar-refractivity contribution in [2.24, 2.45) is 5.92 Å². The number of carbonyl (C=O) groups excluding carboxylic acids is 1. The Kier molecular flexibility index (Phi) is 7.22. The fourth-order valence-corrected chi connectivity index (χ4v) is 3.85. The molecule has 28 heavy (non-hydrogen) atoms. The Balaban J connectivity index is 1.48. The Morgan fingerprint density at radius 1 is 1.14 bits per heavy atom. The number of amides is 1. The van der Waals surface area contributed by atoms with E-state index >= 15 is 0 Å². The molecule has 6 heteroatoms. The Labute approximate surface area is 176 Å². The second-order valence-corrected chi connectivity index (χ2v) is 8.31. The summed E-state index contributed by atoms with van der Waals surface area (Å²) in [4.78, 5) is 14.9. The number of piperidine rings is 1. The largest absolute Gasteiger partial charge is 0.491 e. The van der Waals surface area contributed by atoms with E-state index < -0.39 is 0 Å². The number of carbonyl (C=O) groups is 1. The number of nitrogens with zero attached hydrogens (tertiary/aromatic N) is 1. The summed E-state index contributed by atoms with van der Waals surface area (Å²) in [6, 6.07) is 13.1. The van der Waals surface area contributed by atoms with Crippen molar-refractivity contribution in [2.45, 2.75) is 39.3 Å². The van der Waals surface area contributed by atoms with Crippen LogP contribution in [0.5, 0.6) is 5.75 Å². The third-order valence-electron chi connectivity index (χ3n) is 4.86. The van der Waals surface area contributed by atoms with Gasteiger partial charge >= 0.3 is 0 Å². The molecule has 1 fully saturated rings. The molecule has 0 radical (unpaired) electrons. The molecule has 0 bridgehead atoms. The summed E-state index contributed by atoms with van der Waals surface area (Å²) in [5, 5.41) is 4.36. The fourth-order valence-electron chi connectivity index (χ4n) is 3.38. The van der Waals surface area contributed by atoms with Gasteiger partial charge in [-0.05, 0) is 81.7 Å². The smallest absolute Gasteiger partial charge is 0.227 e. The summed E-state index contributed by atoms with van der Waals surface area (Å²) in [7, 11) is 0. The van der Waals surface area contributed by atoms with Crippen molar-refractivity contribution in [1.82, 2.24) is 4.90 Å². The van der Waals surface area contributed by atoms with E-state index in [1.807, 2.05) is 50.2 Å². The highest BCUT2D eigenvalue weighted by molar-refractivity contribution is 6.35. The van der Waals surface area contributed by atoms with Crippen LogP contribution >= 0.6 is 23.2 Å². The molecule has 2 aromatic carbocycles. The maximum absolute atomic E-state index is 12.6. The molecule has 1 aliphatic rings. The molecule has 1 heterocycles. The summed E-state index contributed by atoms with van der Waals surface area (Å²) in [5.74, 6) is 0.924. The lowest BCUT2D eigenvalue weighted by Gasteiger charge is -2.31. The zero-order chi connectivity index (χ0) is 20.1. The van der Waals surface area contributed by atoms with Crippen molar-refractivity contribution >= 4 is 34.8 Å². The third-order valence-corrected chi connectivity index (χ3v) is 5.45. The van der Waals surface area contributed by atoms with Gasteiger partial charge in [-0.15, -0.1) is 0 Å². The first kappa shape index (κ1) is 21.0. The van der Waals surface area contributed by atoms with Gasteiger partial charge in [-0.3, -0.25) is 9.69 Å². The summed E-state index contributed by atoms with van der Waals surface area (Å²) < 4.78 is 5.63. The van der Waals surface area contributed by atoms with Gasteiger partial charge in [0.1, 0.15) is 5.75 Å². The predicted molar refractivity (Wildman–Crippen MR) is 115 cm³/mol. The van der Waals surface area contributed by atoms with Gasteiger partial charge in [0.25, 0.3) is 0 Å². The molecule has 0 spiro atoms. The molecule has 1 amide bonds. The highest BCUT2D eigenvalue weighted by Crippen LogP contribution is 2.26. The lowest BCUT2D eigenvalue weighted by atomic mass is 9.95. The zero-order valence-electron chi connectivity index (χ0n) is 16.3. The molecular weight excluding hydrogens is 395 g/mol. The van der Waals surface area contributed by atoms with E-state index in [0.29, 0.717) is 10.0 Å². The van der Waals surface area contributed by atoms with Crippen molar-refractivity contribution in [3.05, 3.63) is 58.1 Å². The van der Waals surface area contributed by atoms with Crippen LogP contribution in [0, 0.1) is 5.92 Å². The van der Waals surface area contributed by atoms with Crippen LogP contribution in [0.4, 0.5) is 5.69 Å². The van der Waals surface area contributed by atoms with Gasteiger partial charge in [-0.1, -0.05) is 29.3 Å². The first-order chi connectivity index (χ1) is 13.4. The van der Waals surface area contributed by atoms with Gasteiger partial charge < -0.3 is 10.1 Å². The first-order valence-corrected chi connectivity index (χ1v) is 10.4. The van der Waals surface area contributed by atoms with Crippen LogP contribution in [-0.2, 0) is 11.3 Å². The van der Waals surface area contributed by atoms with E-state index in [4.69, 9.17) is 27.9 Å². The van der Waals surface area contributed by atoms with Gasteiger partial charge in [-0.2, -0.15) is 0 Å². The maximum Gasteiger partial charge on any atom is 0.227 e. The fraction of sp³-hybridized carbons (Fsp3) is 0.409. The van der Waals surface area contributed by atoms with E-state index in [1.54, 1.807) is 6.07 Å². The predicted octanol–water partition coefficient (Wildman–Crippen LogP) is 5.63. The summed E-state index contributed by atoms with van der Waals surface area (Å²) in [6.45, 7) is 6.50. The van der Waals surface area contributed by atoms with Crippen molar-refractivity contribution in [3.8, 4) is 5.75 Å². The molecule has 3 rings (SSSR count). The monoisotopic (exact) mass is 420 g/mol. The second kappa shape index (κ2) is 9.64. The first-order valence-electron chi connectivity index (χ1n) is 9.64. The van der Waals surface area contributed by atoms with Gasteiger partial charge in [0.05, 0.1) is 6.10 Å². The minimum atomic E-state index is 0.0310. The quantitative estimate of drug-likeness (QED) is 0.657. The normalized spacial score (nSPS) is 15.6. The van der Waals surface area contributed by atoms with Crippen LogP contribution < -0.4 is 10.1 Å². The lowest BCUT2D eigenvalue weighted by molar-refractivity contribution is -0.121. The average molecular weight is 421 g/mol. The van der Waals surface area contributed by atoms with Crippen molar-refractivity contribution in [3.63, 3.8) is 0 Å². The minimum Gasteiger partial charge on any atom is -0.491 e. The van der Waals surface area contributed by atoms with Crippen molar-refractivity contribution < 1.29 is 9.53 Å². The Hall–Kier alpha value is -1.75. The lowest BCUT2D eigenvalue weighted by Crippen LogP contribution is -2.37. The molecule has 0 aliphatic carbocycles. The van der Waals surface area contributed by atoms with Gasteiger partial charge in [0.15, 0.2) is 0 Å². The summed E-state index contributed by atoms with van der Waals surface area (Å²) in [6.07, 6.45) is 1.81. The molecular formula is C22H26Cl2N2O2. The van der Waals surface area contributed by atoms with Gasteiger partial charge in [-0.25, -0.2) is 0 Å². The number of nitrogens with one attached hydrogen (secondary N) is 1. The van der Waals surface area contributed by atoms with E-state index in [9.17, 15) is 4.79 Å². The number of halogens is 2. The van der Waals surface area contributed by atoms with Crippen LogP contribution in [0.15, 0.2) is 42.5 Å². The molecule has 0 saturated carbocycles.